The predicted molar refractivity (Wildman–Crippen MR) is 118 cm³/mol. The average molecular weight is 409 g/mol. The topological polar surface area (TPSA) is 105 Å². The van der Waals surface area contributed by atoms with Crippen LogP contribution < -0.4 is 15.4 Å². The van der Waals surface area contributed by atoms with Gasteiger partial charge in [0.15, 0.2) is 5.84 Å². The molecule has 0 fully saturated rings. The first-order chi connectivity index (χ1) is 14.6. The Morgan fingerprint density at radius 1 is 1.10 bits per heavy atom. The van der Waals surface area contributed by atoms with E-state index in [-0.39, 0.29) is 17.7 Å². The molecule has 8 heteroatoms. The lowest BCUT2D eigenvalue weighted by Crippen LogP contribution is -2.33. The van der Waals surface area contributed by atoms with Crippen molar-refractivity contribution in [1.82, 2.24) is 5.32 Å². The van der Waals surface area contributed by atoms with Gasteiger partial charge in [-0.1, -0.05) is 44.7 Å². The lowest BCUT2D eigenvalue weighted by atomic mass is 10.1. The van der Waals surface area contributed by atoms with Gasteiger partial charge in [0.05, 0.1) is 18.4 Å². The molecule has 0 saturated heterocycles. The van der Waals surface area contributed by atoms with E-state index in [0.717, 1.165) is 31.4 Å². The van der Waals surface area contributed by atoms with Gasteiger partial charge in [-0.15, -0.1) is 0 Å². The van der Waals surface area contributed by atoms with E-state index in [9.17, 15) is 9.59 Å². The first-order valence-electron chi connectivity index (χ1n) is 10.3. The SMILES string of the molecule is CCCCCCCC(=O)NC1=NC(=O)C2=C(CNc3ccccc3OC)C=NC2=N1. The second kappa shape index (κ2) is 10.5. The number of carbonyl (C=O) groups excluding carboxylic acids is 2. The van der Waals surface area contributed by atoms with Crippen LogP contribution in [0.3, 0.4) is 0 Å². The maximum atomic E-state index is 12.5. The summed E-state index contributed by atoms with van der Waals surface area (Å²) in [5.74, 6) is 0.362. The fourth-order valence-corrected chi connectivity index (χ4v) is 3.25. The summed E-state index contributed by atoms with van der Waals surface area (Å²) in [6, 6.07) is 7.52. The molecule has 2 aliphatic rings. The number of nitrogens with zero attached hydrogens (tertiary/aromatic N) is 3. The summed E-state index contributed by atoms with van der Waals surface area (Å²) >= 11 is 0. The number of para-hydroxylation sites is 2. The number of carbonyl (C=O) groups is 2. The van der Waals surface area contributed by atoms with Crippen LogP contribution in [0.25, 0.3) is 0 Å². The minimum atomic E-state index is -0.451. The summed E-state index contributed by atoms with van der Waals surface area (Å²) in [7, 11) is 1.60. The molecule has 0 aliphatic carbocycles. The monoisotopic (exact) mass is 409 g/mol. The van der Waals surface area contributed by atoms with Crippen molar-refractivity contribution < 1.29 is 14.3 Å². The van der Waals surface area contributed by atoms with E-state index in [1.807, 2.05) is 24.3 Å². The van der Waals surface area contributed by atoms with Crippen molar-refractivity contribution in [2.45, 2.75) is 45.4 Å². The summed E-state index contributed by atoms with van der Waals surface area (Å²) in [5.41, 5.74) is 1.86. The Hall–Kier alpha value is -3.29. The van der Waals surface area contributed by atoms with Gasteiger partial charge in [-0.05, 0) is 18.6 Å². The van der Waals surface area contributed by atoms with Crippen LogP contribution in [-0.4, -0.2) is 43.5 Å². The van der Waals surface area contributed by atoms with Gasteiger partial charge in [-0.2, -0.15) is 9.98 Å². The van der Waals surface area contributed by atoms with E-state index in [1.54, 1.807) is 13.3 Å². The van der Waals surface area contributed by atoms with Crippen molar-refractivity contribution >= 4 is 35.5 Å². The highest BCUT2D eigenvalue weighted by molar-refractivity contribution is 6.34. The van der Waals surface area contributed by atoms with Crippen molar-refractivity contribution in [2.24, 2.45) is 15.0 Å². The molecule has 0 bridgehead atoms. The zero-order chi connectivity index (χ0) is 21.3. The Morgan fingerprint density at radius 2 is 1.90 bits per heavy atom. The molecule has 2 heterocycles. The minimum absolute atomic E-state index is 0.00777. The van der Waals surface area contributed by atoms with Gasteiger partial charge < -0.3 is 10.1 Å². The van der Waals surface area contributed by atoms with Gasteiger partial charge >= 0.3 is 0 Å². The third-order valence-corrected chi connectivity index (χ3v) is 4.86. The van der Waals surface area contributed by atoms with Gasteiger partial charge in [0.1, 0.15) is 5.75 Å². The first-order valence-corrected chi connectivity index (χ1v) is 10.3. The Kier molecular flexibility index (Phi) is 7.48. The van der Waals surface area contributed by atoms with E-state index in [2.05, 4.69) is 32.5 Å². The molecule has 158 valence electrons. The quantitative estimate of drug-likeness (QED) is 0.579. The molecule has 0 spiro atoms. The minimum Gasteiger partial charge on any atom is -0.495 e. The van der Waals surface area contributed by atoms with Crippen LogP contribution in [0.2, 0.25) is 0 Å². The number of fused-ring (bicyclic) bond motifs is 1. The molecule has 0 aromatic heterocycles. The Morgan fingerprint density at radius 3 is 2.70 bits per heavy atom. The number of guanidine groups is 1. The summed E-state index contributed by atoms with van der Waals surface area (Å²) in [4.78, 5) is 37.0. The number of aliphatic imine (C=N–C) groups is 3. The van der Waals surface area contributed by atoms with E-state index >= 15 is 0 Å². The van der Waals surface area contributed by atoms with Crippen LogP contribution in [0.4, 0.5) is 5.69 Å². The standard InChI is InChI=1S/C22H27N5O3/c1-3-4-5-6-7-12-18(28)25-22-26-20-19(21(29)27-22)15(14-24-20)13-23-16-10-8-9-11-17(16)30-2/h8-11,14,23H,3-7,12-13H2,1-2H3,(H,25,27,28,29). The van der Waals surface area contributed by atoms with Crippen LogP contribution >= 0.6 is 0 Å². The summed E-state index contributed by atoms with van der Waals surface area (Å²) in [6.45, 7) is 2.53. The number of methoxy groups -OCH3 is 1. The van der Waals surface area contributed by atoms with E-state index in [1.165, 1.54) is 6.42 Å². The van der Waals surface area contributed by atoms with Crippen LogP contribution in [0.1, 0.15) is 45.4 Å². The molecule has 2 aliphatic heterocycles. The fourth-order valence-electron chi connectivity index (χ4n) is 3.25. The maximum Gasteiger partial charge on any atom is 0.284 e. The molecule has 8 nitrogen and oxygen atoms in total. The largest absolute Gasteiger partial charge is 0.495 e. The molecule has 0 atom stereocenters. The molecule has 2 N–H and O–H groups in total. The van der Waals surface area contributed by atoms with Crippen molar-refractivity contribution in [2.75, 3.05) is 19.0 Å². The van der Waals surface area contributed by atoms with E-state index < -0.39 is 5.91 Å². The normalized spacial score (nSPS) is 14.9. The maximum absolute atomic E-state index is 12.5. The highest BCUT2D eigenvalue weighted by Crippen LogP contribution is 2.25. The number of hydrogen-bond acceptors (Lipinski definition) is 6. The van der Waals surface area contributed by atoms with Gasteiger partial charge in [-0.3, -0.25) is 14.9 Å². The second-order valence-electron chi connectivity index (χ2n) is 7.10. The zero-order valence-corrected chi connectivity index (χ0v) is 17.4. The molecular formula is C22H27N5O3. The Bertz CT molecular complexity index is 930. The number of rotatable bonds is 10. The van der Waals surface area contributed by atoms with Gasteiger partial charge in [0.25, 0.3) is 5.91 Å². The van der Waals surface area contributed by atoms with Gasteiger partial charge in [0, 0.05) is 24.8 Å². The molecule has 30 heavy (non-hydrogen) atoms. The third-order valence-electron chi connectivity index (χ3n) is 4.86. The average Bonchev–Trinajstić information content (AvgIpc) is 3.15. The summed E-state index contributed by atoms with van der Waals surface area (Å²) in [6.07, 6.45) is 7.28. The van der Waals surface area contributed by atoms with Crippen LogP contribution in [0.15, 0.2) is 50.4 Å². The Balaban J connectivity index is 1.58. The zero-order valence-electron chi connectivity index (χ0n) is 17.4. The summed E-state index contributed by atoms with van der Waals surface area (Å²) < 4.78 is 5.32. The van der Waals surface area contributed by atoms with Crippen LogP contribution in [-0.2, 0) is 9.59 Å². The highest BCUT2D eigenvalue weighted by atomic mass is 16.5. The van der Waals surface area contributed by atoms with Crippen molar-refractivity contribution in [1.29, 1.82) is 0 Å². The van der Waals surface area contributed by atoms with E-state index in [0.29, 0.717) is 29.9 Å². The van der Waals surface area contributed by atoms with Crippen molar-refractivity contribution in [3.05, 3.63) is 35.4 Å². The van der Waals surface area contributed by atoms with Gasteiger partial charge in [-0.25, -0.2) is 4.99 Å². The molecule has 0 unspecified atom stereocenters. The van der Waals surface area contributed by atoms with Crippen molar-refractivity contribution in [3.63, 3.8) is 0 Å². The number of hydrogen-bond donors (Lipinski definition) is 2. The fraction of sp³-hybridized carbons (Fsp3) is 0.409. The first kappa shape index (κ1) is 21.4. The molecular weight excluding hydrogens is 382 g/mol. The van der Waals surface area contributed by atoms with E-state index in [4.69, 9.17) is 4.74 Å². The number of ether oxygens (including phenoxy) is 1. The highest BCUT2D eigenvalue weighted by Gasteiger charge is 2.29. The summed E-state index contributed by atoms with van der Waals surface area (Å²) in [5, 5.41) is 5.86. The van der Waals surface area contributed by atoms with Crippen LogP contribution in [0.5, 0.6) is 5.75 Å². The molecule has 0 saturated carbocycles. The second-order valence-corrected chi connectivity index (χ2v) is 7.10. The molecule has 1 aromatic carbocycles. The number of benzene rings is 1. The molecule has 1 aromatic rings. The molecule has 0 radical (unpaired) electrons. The lowest BCUT2D eigenvalue weighted by molar-refractivity contribution is -0.119. The lowest BCUT2D eigenvalue weighted by Gasteiger charge is -2.13. The predicted octanol–water partition coefficient (Wildman–Crippen LogP) is 3.26. The van der Waals surface area contributed by atoms with Crippen molar-refractivity contribution in [3.8, 4) is 5.75 Å². The molecule has 3 rings (SSSR count). The number of amidine groups is 1. The number of unbranched alkanes of at least 4 members (excludes halogenated alkanes) is 4. The number of nitrogens with one attached hydrogen (secondary N) is 2. The molecule has 2 amide bonds. The smallest absolute Gasteiger partial charge is 0.284 e. The number of anilines is 1. The van der Waals surface area contributed by atoms with Gasteiger partial charge in [0.2, 0.25) is 11.9 Å². The van der Waals surface area contributed by atoms with Crippen LogP contribution in [0, 0.1) is 0 Å². The third kappa shape index (κ3) is 5.40. The number of amides is 2. The Labute approximate surface area is 176 Å².